The molecule has 1 unspecified atom stereocenters. The highest BCUT2D eigenvalue weighted by molar-refractivity contribution is 8.03. The van der Waals surface area contributed by atoms with Gasteiger partial charge < -0.3 is 15.6 Å². The summed E-state index contributed by atoms with van der Waals surface area (Å²) in [6.07, 6.45) is 4.98. The van der Waals surface area contributed by atoms with Crippen molar-refractivity contribution in [3.63, 3.8) is 0 Å². The first-order chi connectivity index (χ1) is 13.4. The molecule has 152 valence electrons. The molecule has 2 aromatic rings. The van der Waals surface area contributed by atoms with Crippen molar-refractivity contribution >= 4 is 51.9 Å². The number of anilines is 1. The van der Waals surface area contributed by atoms with E-state index in [1.807, 2.05) is 19.9 Å². The average molecular weight is 444 g/mol. The van der Waals surface area contributed by atoms with Crippen LogP contribution in [0.25, 0.3) is 11.2 Å². The van der Waals surface area contributed by atoms with Crippen molar-refractivity contribution in [2.75, 3.05) is 11.5 Å². The summed E-state index contributed by atoms with van der Waals surface area (Å²) < 4.78 is 7.88. The normalized spacial score (nSPS) is 26.3. The molecule has 0 spiro atoms. The number of allylic oxidation sites excluding steroid dienone is 3. The molecule has 2 aromatic heterocycles. The van der Waals surface area contributed by atoms with Gasteiger partial charge in [0.2, 0.25) is 0 Å². The number of ether oxygens (including phenoxy) is 1. The number of fused-ring (bicyclic) bond motifs is 1. The number of aromatic nitrogens is 4. The lowest BCUT2D eigenvalue weighted by atomic mass is 10.0. The van der Waals surface area contributed by atoms with Crippen LogP contribution < -0.4 is 5.73 Å². The first-order valence-electron chi connectivity index (χ1n) is 8.93. The number of nitrogens with zero attached hydrogens (tertiary/aromatic N) is 4. The highest BCUT2D eigenvalue weighted by atomic mass is 35.5. The molecular weight excluding hydrogens is 421 g/mol. The SMILES string of the molecule is C/C(SC[C@H]1OC(n2cnc3c(N)ncnc32)[C@H](O)[C@@H]1C)=C(/Cl)CC/C=C/Cl. The zero-order chi connectivity index (χ0) is 20.3. The summed E-state index contributed by atoms with van der Waals surface area (Å²) in [5, 5.41) is 11.5. The largest absolute Gasteiger partial charge is 0.388 e. The van der Waals surface area contributed by atoms with Crippen LogP contribution in [0.3, 0.4) is 0 Å². The Morgan fingerprint density at radius 3 is 2.96 bits per heavy atom. The lowest BCUT2D eigenvalue weighted by molar-refractivity contribution is -0.0285. The summed E-state index contributed by atoms with van der Waals surface area (Å²) in [7, 11) is 0. The first-order valence-corrected chi connectivity index (χ1v) is 10.7. The van der Waals surface area contributed by atoms with Gasteiger partial charge in [-0.2, -0.15) is 0 Å². The number of nitrogens with two attached hydrogens (primary N) is 1. The Hall–Kier alpha value is -1.32. The topological polar surface area (TPSA) is 99.1 Å². The van der Waals surface area contributed by atoms with Crippen molar-refractivity contribution in [1.29, 1.82) is 0 Å². The van der Waals surface area contributed by atoms with Crippen molar-refractivity contribution in [2.45, 2.75) is 45.1 Å². The quantitative estimate of drug-likeness (QED) is 0.665. The second-order valence-electron chi connectivity index (χ2n) is 6.67. The van der Waals surface area contributed by atoms with Gasteiger partial charge in [-0.15, -0.1) is 11.8 Å². The molecule has 0 aliphatic carbocycles. The molecule has 7 nitrogen and oxygen atoms in total. The minimum absolute atomic E-state index is 0.0557. The number of rotatable bonds is 7. The Labute approximate surface area is 178 Å². The van der Waals surface area contributed by atoms with Gasteiger partial charge in [-0.05, 0) is 24.7 Å². The molecule has 1 fully saturated rings. The van der Waals surface area contributed by atoms with Gasteiger partial charge >= 0.3 is 0 Å². The molecule has 0 radical (unpaired) electrons. The lowest BCUT2D eigenvalue weighted by Gasteiger charge is -2.17. The molecule has 1 saturated heterocycles. The minimum Gasteiger partial charge on any atom is -0.388 e. The fourth-order valence-electron chi connectivity index (χ4n) is 3.08. The fourth-order valence-corrected chi connectivity index (χ4v) is 4.53. The van der Waals surface area contributed by atoms with Gasteiger partial charge in [0.05, 0.1) is 12.4 Å². The Kier molecular flexibility index (Phi) is 7.22. The summed E-state index contributed by atoms with van der Waals surface area (Å²) in [4.78, 5) is 13.5. The van der Waals surface area contributed by atoms with Crippen molar-refractivity contribution in [3.05, 3.63) is 34.2 Å². The third kappa shape index (κ3) is 4.46. The molecule has 0 aromatic carbocycles. The number of hydrogen-bond donors (Lipinski definition) is 2. The van der Waals surface area contributed by atoms with Crippen molar-refractivity contribution < 1.29 is 9.84 Å². The van der Waals surface area contributed by atoms with Crippen LogP contribution in [0, 0.1) is 5.92 Å². The summed E-state index contributed by atoms with van der Waals surface area (Å²) in [6.45, 7) is 3.97. The van der Waals surface area contributed by atoms with E-state index < -0.39 is 12.3 Å². The van der Waals surface area contributed by atoms with Crippen molar-refractivity contribution in [2.24, 2.45) is 5.92 Å². The van der Waals surface area contributed by atoms with Crippen LogP contribution in [-0.4, -0.2) is 42.6 Å². The van der Waals surface area contributed by atoms with E-state index in [9.17, 15) is 5.11 Å². The van der Waals surface area contributed by atoms with E-state index in [-0.39, 0.29) is 12.0 Å². The zero-order valence-electron chi connectivity index (χ0n) is 15.6. The van der Waals surface area contributed by atoms with E-state index in [0.29, 0.717) is 22.7 Å². The van der Waals surface area contributed by atoms with E-state index in [2.05, 4.69) is 15.0 Å². The van der Waals surface area contributed by atoms with Gasteiger partial charge in [0.25, 0.3) is 0 Å². The number of halogens is 2. The van der Waals surface area contributed by atoms with Crippen molar-refractivity contribution in [1.82, 2.24) is 19.5 Å². The van der Waals surface area contributed by atoms with E-state index in [1.54, 1.807) is 22.7 Å². The van der Waals surface area contributed by atoms with Gasteiger partial charge in [-0.3, -0.25) is 4.57 Å². The van der Waals surface area contributed by atoms with Gasteiger partial charge in [-0.25, -0.2) is 15.0 Å². The number of imidazole rings is 1. The molecule has 0 amide bonds. The average Bonchev–Trinajstić information content (AvgIpc) is 3.23. The van der Waals surface area contributed by atoms with Gasteiger partial charge in [0.15, 0.2) is 17.7 Å². The Bertz CT molecular complexity index is 888. The summed E-state index contributed by atoms with van der Waals surface area (Å²) in [6, 6.07) is 0. The predicted octanol–water partition coefficient (Wildman–Crippen LogP) is 4.04. The molecule has 3 heterocycles. The maximum absolute atomic E-state index is 10.7. The second-order valence-corrected chi connectivity index (χ2v) is 8.61. The summed E-state index contributed by atoms with van der Waals surface area (Å²) >= 11 is 13.5. The maximum atomic E-state index is 10.7. The number of aliphatic hydroxyl groups is 1. The van der Waals surface area contributed by atoms with Crippen LogP contribution in [0.2, 0.25) is 0 Å². The van der Waals surface area contributed by atoms with Gasteiger partial charge in [0, 0.05) is 22.2 Å². The summed E-state index contributed by atoms with van der Waals surface area (Å²) in [5.74, 6) is 0.932. The van der Waals surface area contributed by atoms with E-state index >= 15 is 0 Å². The van der Waals surface area contributed by atoms with Crippen molar-refractivity contribution in [3.8, 4) is 0 Å². The monoisotopic (exact) mass is 443 g/mol. The highest BCUT2D eigenvalue weighted by Crippen LogP contribution is 2.38. The molecular formula is C18H23Cl2N5O2S. The lowest BCUT2D eigenvalue weighted by Crippen LogP contribution is -2.24. The molecule has 0 bridgehead atoms. The molecule has 28 heavy (non-hydrogen) atoms. The summed E-state index contributed by atoms with van der Waals surface area (Å²) in [5.41, 5.74) is 8.39. The van der Waals surface area contributed by atoms with Gasteiger partial charge in [0.1, 0.15) is 17.9 Å². The molecule has 4 atom stereocenters. The third-order valence-corrected chi connectivity index (χ3v) is 6.80. The van der Waals surface area contributed by atoms with Crippen LogP contribution in [0.4, 0.5) is 5.82 Å². The van der Waals surface area contributed by atoms with E-state index in [4.69, 9.17) is 33.7 Å². The van der Waals surface area contributed by atoms with Crippen LogP contribution in [-0.2, 0) is 4.74 Å². The second kappa shape index (κ2) is 9.45. The smallest absolute Gasteiger partial charge is 0.167 e. The van der Waals surface area contributed by atoms with Crippen LogP contribution in [0.5, 0.6) is 0 Å². The molecule has 10 heteroatoms. The Morgan fingerprint density at radius 2 is 2.21 bits per heavy atom. The Morgan fingerprint density at radius 1 is 1.43 bits per heavy atom. The van der Waals surface area contributed by atoms with Crippen LogP contribution in [0.15, 0.2) is 34.2 Å². The van der Waals surface area contributed by atoms with Crippen LogP contribution in [0.1, 0.15) is 32.9 Å². The number of aliphatic hydroxyl groups excluding tert-OH is 1. The molecule has 1 aliphatic rings. The zero-order valence-corrected chi connectivity index (χ0v) is 18.0. The third-order valence-electron chi connectivity index (χ3n) is 4.86. The molecule has 1 aliphatic heterocycles. The maximum Gasteiger partial charge on any atom is 0.167 e. The van der Waals surface area contributed by atoms with Crippen LogP contribution >= 0.6 is 35.0 Å². The van der Waals surface area contributed by atoms with Gasteiger partial charge in [-0.1, -0.05) is 36.2 Å². The van der Waals surface area contributed by atoms with E-state index in [0.717, 1.165) is 22.8 Å². The number of nitrogen functional groups attached to an aromatic ring is 1. The Balaban J connectivity index is 1.69. The number of thioether (sulfide) groups is 1. The number of hydrogen-bond acceptors (Lipinski definition) is 7. The molecule has 3 N–H and O–H groups in total. The molecule has 3 rings (SSSR count). The van der Waals surface area contributed by atoms with E-state index in [1.165, 1.54) is 11.9 Å². The molecule has 0 saturated carbocycles. The predicted molar refractivity (Wildman–Crippen MR) is 114 cm³/mol. The first kappa shape index (κ1) is 21.4. The fraction of sp³-hybridized carbons (Fsp3) is 0.500. The minimum atomic E-state index is -0.687. The highest BCUT2D eigenvalue weighted by Gasteiger charge is 2.42. The standard InChI is InChI=1S/C18H23Cl2N5O2S/c1-10-13(7-28-11(2)12(20)5-3-4-6-19)27-18(15(10)26)25-9-24-14-16(21)22-8-23-17(14)25/h4,6,8-10,13,15,18,26H,3,5,7H2,1-2H3,(H2,21,22,23)/b6-4+,12-11-/t10-,13-,15-,18?/m1/s1.